The maximum atomic E-state index is 12.6. The highest BCUT2D eigenvalue weighted by Gasteiger charge is 2.18. The van der Waals surface area contributed by atoms with Crippen LogP contribution in [0.5, 0.6) is 11.5 Å². The van der Waals surface area contributed by atoms with Gasteiger partial charge in [-0.15, -0.1) is 11.3 Å². The minimum atomic E-state index is -0.0511. The Hall–Kier alpha value is -2.60. The van der Waals surface area contributed by atoms with E-state index in [1.54, 1.807) is 29.7 Å². The molecule has 0 aliphatic heterocycles. The fourth-order valence-corrected chi connectivity index (χ4v) is 3.44. The molecule has 0 radical (unpaired) electrons. The van der Waals surface area contributed by atoms with Gasteiger partial charge < -0.3 is 9.47 Å². The molecule has 0 saturated heterocycles. The molecular formula is C19H20N2O3S. The molecule has 2 aromatic heterocycles. The molecule has 0 aliphatic rings. The van der Waals surface area contributed by atoms with Crippen LogP contribution in [-0.4, -0.2) is 28.5 Å². The van der Waals surface area contributed by atoms with Crippen LogP contribution < -0.4 is 9.47 Å². The number of Topliss-reactive ketones (excluding diaryl/α,β-unsaturated/α-hetero) is 1. The predicted molar refractivity (Wildman–Crippen MR) is 98.4 cm³/mol. The summed E-state index contributed by atoms with van der Waals surface area (Å²) in [4.78, 5) is 16.9. The van der Waals surface area contributed by atoms with Crippen LogP contribution in [0.25, 0.3) is 5.13 Å². The lowest BCUT2D eigenvalue weighted by molar-refractivity contribution is 0.0921. The van der Waals surface area contributed by atoms with Gasteiger partial charge >= 0.3 is 0 Å². The number of aryl methyl sites for hydroxylation is 1. The molecule has 0 bridgehead atoms. The van der Waals surface area contributed by atoms with Crippen molar-refractivity contribution >= 4 is 17.1 Å². The smallest absolute Gasteiger partial charge is 0.202 e. The fraction of sp³-hybridized carbons (Fsp3) is 0.263. The molecule has 3 rings (SSSR count). The van der Waals surface area contributed by atoms with Gasteiger partial charge in [0.25, 0.3) is 0 Å². The third kappa shape index (κ3) is 3.74. The van der Waals surface area contributed by atoms with Crippen molar-refractivity contribution in [2.24, 2.45) is 0 Å². The number of aromatic nitrogens is 2. The normalized spacial score (nSPS) is 10.7. The molecular weight excluding hydrogens is 336 g/mol. The molecule has 0 amide bonds. The second-order valence-electron chi connectivity index (χ2n) is 5.55. The van der Waals surface area contributed by atoms with Crippen molar-refractivity contribution < 1.29 is 14.3 Å². The molecule has 0 N–H and O–H groups in total. The van der Waals surface area contributed by atoms with E-state index in [4.69, 9.17) is 9.47 Å². The number of carbonyl (C=O) groups excluding carboxylic acids is 1. The second-order valence-corrected chi connectivity index (χ2v) is 6.42. The minimum absolute atomic E-state index is 0.00383. The summed E-state index contributed by atoms with van der Waals surface area (Å²) in [5.41, 5.74) is 2.53. The van der Waals surface area contributed by atoms with Crippen molar-refractivity contribution in [3.63, 3.8) is 0 Å². The van der Waals surface area contributed by atoms with Crippen LogP contribution >= 0.6 is 11.3 Å². The standard InChI is InChI=1S/C19H20N2O3S/c1-4-23-15-5-7-16(8-6-15)24-12-18(22)17-11-13(2)21(14(17)3)19-20-9-10-25-19/h5-11H,4,12H2,1-3H3. The number of ether oxygens (including phenoxy) is 2. The van der Waals surface area contributed by atoms with E-state index in [-0.39, 0.29) is 12.4 Å². The van der Waals surface area contributed by atoms with Crippen LogP contribution in [0.15, 0.2) is 41.9 Å². The highest BCUT2D eigenvalue weighted by atomic mass is 32.1. The number of hydrogen-bond donors (Lipinski definition) is 0. The Bertz CT molecular complexity index is 852. The van der Waals surface area contributed by atoms with Crippen LogP contribution in [-0.2, 0) is 0 Å². The maximum absolute atomic E-state index is 12.6. The first-order chi connectivity index (χ1) is 12.1. The largest absolute Gasteiger partial charge is 0.494 e. The number of ketones is 1. The van der Waals surface area contributed by atoms with Gasteiger partial charge in [-0.1, -0.05) is 0 Å². The number of hydrogen-bond acceptors (Lipinski definition) is 5. The Labute approximate surface area is 150 Å². The summed E-state index contributed by atoms with van der Waals surface area (Å²) in [6.07, 6.45) is 1.76. The van der Waals surface area contributed by atoms with Crippen LogP contribution in [0.4, 0.5) is 0 Å². The van der Waals surface area contributed by atoms with E-state index < -0.39 is 0 Å². The third-order valence-corrected chi connectivity index (χ3v) is 4.60. The van der Waals surface area contributed by atoms with Gasteiger partial charge in [0.15, 0.2) is 11.7 Å². The zero-order valence-electron chi connectivity index (χ0n) is 14.5. The SMILES string of the molecule is CCOc1ccc(OCC(=O)c2cc(C)n(-c3nccs3)c2C)cc1. The number of nitrogens with zero attached hydrogens (tertiary/aromatic N) is 2. The van der Waals surface area contributed by atoms with E-state index in [2.05, 4.69) is 4.98 Å². The highest BCUT2D eigenvalue weighted by Crippen LogP contribution is 2.23. The van der Waals surface area contributed by atoms with Crippen LogP contribution in [0.2, 0.25) is 0 Å². The number of benzene rings is 1. The molecule has 25 heavy (non-hydrogen) atoms. The lowest BCUT2D eigenvalue weighted by Gasteiger charge is -2.08. The minimum Gasteiger partial charge on any atom is -0.494 e. The molecule has 2 heterocycles. The molecule has 6 heteroatoms. The van der Waals surface area contributed by atoms with Crippen molar-refractivity contribution in [3.8, 4) is 16.6 Å². The lowest BCUT2D eigenvalue weighted by Crippen LogP contribution is -2.12. The Balaban J connectivity index is 1.70. The van der Waals surface area contributed by atoms with Crippen LogP contribution in [0.3, 0.4) is 0 Å². The Morgan fingerprint density at radius 3 is 2.44 bits per heavy atom. The van der Waals surface area contributed by atoms with Crippen LogP contribution in [0.1, 0.15) is 28.7 Å². The van der Waals surface area contributed by atoms with Crippen LogP contribution in [0, 0.1) is 13.8 Å². The van der Waals surface area contributed by atoms with E-state index in [1.807, 2.05) is 48.9 Å². The summed E-state index contributed by atoms with van der Waals surface area (Å²) in [5, 5.41) is 2.78. The summed E-state index contributed by atoms with van der Waals surface area (Å²) in [7, 11) is 0. The van der Waals surface area contributed by atoms with Gasteiger partial charge in [-0.3, -0.25) is 9.36 Å². The fourth-order valence-electron chi connectivity index (χ4n) is 2.69. The van der Waals surface area contributed by atoms with Crippen molar-refractivity contribution in [1.29, 1.82) is 0 Å². The molecule has 3 aromatic rings. The Morgan fingerprint density at radius 1 is 1.16 bits per heavy atom. The van der Waals surface area contributed by atoms with Crippen molar-refractivity contribution in [3.05, 3.63) is 58.9 Å². The second kappa shape index (κ2) is 7.53. The van der Waals surface area contributed by atoms with Gasteiger partial charge in [-0.05, 0) is 51.1 Å². The quantitative estimate of drug-likeness (QED) is 0.595. The lowest BCUT2D eigenvalue weighted by atomic mass is 10.1. The number of carbonyl (C=O) groups is 1. The molecule has 0 spiro atoms. The Kier molecular flexibility index (Phi) is 5.19. The first-order valence-corrected chi connectivity index (χ1v) is 8.95. The topological polar surface area (TPSA) is 53.4 Å². The van der Waals surface area contributed by atoms with Gasteiger partial charge in [-0.2, -0.15) is 0 Å². The Morgan fingerprint density at radius 2 is 1.84 bits per heavy atom. The van der Waals surface area contributed by atoms with Crippen molar-refractivity contribution in [2.75, 3.05) is 13.2 Å². The van der Waals surface area contributed by atoms with Gasteiger partial charge in [0.1, 0.15) is 11.5 Å². The average molecular weight is 356 g/mol. The number of rotatable bonds is 7. The summed E-state index contributed by atoms with van der Waals surface area (Å²) < 4.78 is 13.0. The monoisotopic (exact) mass is 356 g/mol. The molecule has 0 saturated carbocycles. The summed E-state index contributed by atoms with van der Waals surface area (Å²) in [5.74, 6) is 1.38. The van der Waals surface area contributed by atoms with E-state index in [0.29, 0.717) is 17.9 Å². The van der Waals surface area contributed by atoms with E-state index in [1.165, 1.54) is 0 Å². The zero-order valence-corrected chi connectivity index (χ0v) is 15.3. The molecule has 0 atom stereocenters. The first-order valence-electron chi connectivity index (χ1n) is 8.07. The van der Waals surface area contributed by atoms with Gasteiger partial charge in [0.2, 0.25) is 5.78 Å². The molecule has 5 nitrogen and oxygen atoms in total. The number of thiazole rings is 1. The van der Waals surface area contributed by atoms with E-state index >= 15 is 0 Å². The molecule has 0 unspecified atom stereocenters. The maximum Gasteiger partial charge on any atom is 0.202 e. The summed E-state index contributed by atoms with van der Waals surface area (Å²) in [6, 6.07) is 9.16. The molecule has 0 aliphatic carbocycles. The average Bonchev–Trinajstić information content (AvgIpc) is 3.22. The predicted octanol–water partition coefficient (Wildman–Crippen LogP) is 4.21. The molecule has 1 aromatic carbocycles. The third-order valence-electron chi connectivity index (χ3n) is 3.85. The van der Waals surface area contributed by atoms with Gasteiger partial charge in [-0.25, -0.2) is 4.98 Å². The molecule has 0 fully saturated rings. The van der Waals surface area contributed by atoms with Crippen molar-refractivity contribution in [1.82, 2.24) is 9.55 Å². The molecule has 130 valence electrons. The summed E-state index contributed by atoms with van der Waals surface area (Å²) >= 11 is 1.54. The highest BCUT2D eigenvalue weighted by molar-refractivity contribution is 7.12. The first kappa shape index (κ1) is 17.2. The van der Waals surface area contributed by atoms with E-state index in [9.17, 15) is 4.79 Å². The van der Waals surface area contributed by atoms with Gasteiger partial charge in [0.05, 0.1) is 6.61 Å². The van der Waals surface area contributed by atoms with E-state index in [0.717, 1.165) is 22.3 Å². The van der Waals surface area contributed by atoms with Crippen molar-refractivity contribution in [2.45, 2.75) is 20.8 Å². The van der Waals surface area contributed by atoms with Gasteiger partial charge in [0, 0.05) is 28.5 Å². The summed E-state index contributed by atoms with van der Waals surface area (Å²) in [6.45, 7) is 6.45. The zero-order chi connectivity index (χ0) is 17.8.